The molecule has 0 aromatic rings. The molecule has 1 heterocycles. The van der Waals surface area contributed by atoms with Crippen LogP contribution in [0.1, 0.15) is 45.4 Å². The lowest BCUT2D eigenvalue weighted by Gasteiger charge is -2.07. The van der Waals surface area contributed by atoms with Crippen molar-refractivity contribution in [2.75, 3.05) is 6.61 Å². The highest BCUT2D eigenvalue weighted by atomic mass is 16.7. The lowest BCUT2D eigenvalue weighted by atomic mass is 9.96. The second kappa shape index (κ2) is 3.89. The molecule has 1 aliphatic carbocycles. The zero-order valence-corrected chi connectivity index (χ0v) is 8.75. The van der Waals surface area contributed by atoms with Gasteiger partial charge < -0.3 is 9.47 Å². The molecular weight excluding hydrogens is 180 g/mol. The SMILES string of the molecule is CCOC(=O)C1OC12CCCCCC2. The first-order valence-electron chi connectivity index (χ1n) is 5.63. The molecule has 0 N–H and O–H groups in total. The summed E-state index contributed by atoms with van der Waals surface area (Å²) in [5, 5.41) is 0. The molecule has 80 valence electrons. The third-order valence-corrected chi connectivity index (χ3v) is 3.22. The quantitative estimate of drug-likeness (QED) is 0.503. The average molecular weight is 198 g/mol. The maximum absolute atomic E-state index is 11.4. The number of ether oxygens (including phenoxy) is 2. The summed E-state index contributed by atoms with van der Waals surface area (Å²) >= 11 is 0. The van der Waals surface area contributed by atoms with Gasteiger partial charge in [-0.05, 0) is 19.8 Å². The van der Waals surface area contributed by atoms with E-state index < -0.39 is 0 Å². The fourth-order valence-electron chi connectivity index (χ4n) is 2.39. The normalized spacial score (nSPS) is 29.6. The van der Waals surface area contributed by atoms with E-state index in [4.69, 9.17) is 9.47 Å². The number of carbonyl (C=O) groups excluding carboxylic acids is 1. The van der Waals surface area contributed by atoms with Gasteiger partial charge in [0, 0.05) is 0 Å². The molecule has 1 spiro atoms. The molecule has 0 bridgehead atoms. The molecule has 0 aromatic heterocycles. The largest absolute Gasteiger partial charge is 0.464 e. The van der Waals surface area contributed by atoms with Gasteiger partial charge in [0.25, 0.3) is 0 Å². The number of rotatable bonds is 2. The predicted octanol–water partition coefficient (Wildman–Crippen LogP) is 2.04. The van der Waals surface area contributed by atoms with E-state index >= 15 is 0 Å². The summed E-state index contributed by atoms with van der Waals surface area (Å²) in [5.41, 5.74) is -0.122. The van der Waals surface area contributed by atoms with Crippen LogP contribution in [-0.4, -0.2) is 24.3 Å². The van der Waals surface area contributed by atoms with Crippen molar-refractivity contribution in [3.05, 3.63) is 0 Å². The molecule has 2 fully saturated rings. The highest BCUT2D eigenvalue weighted by molar-refractivity contribution is 5.79. The minimum atomic E-state index is -0.249. The summed E-state index contributed by atoms with van der Waals surface area (Å²) in [6.45, 7) is 2.29. The van der Waals surface area contributed by atoms with E-state index in [-0.39, 0.29) is 17.7 Å². The zero-order valence-electron chi connectivity index (χ0n) is 8.75. The molecule has 0 amide bonds. The van der Waals surface area contributed by atoms with Gasteiger partial charge in [0.05, 0.1) is 6.61 Å². The fraction of sp³-hybridized carbons (Fsp3) is 0.909. The van der Waals surface area contributed by atoms with Crippen LogP contribution in [-0.2, 0) is 14.3 Å². The molecule has 3 heteroatoms. The van der Waals surface area contributed by atoms with Gasteiger partial charge in [0.15, 0.2) is 6.10 Å². The van der Waals surface area contributed by atoms with E-state index in [0.29, 0.717) is 6.61 Å². The average Bonchev–Trinajstić information content (AvgIpc) is 2.92. The highest BCUT2D eigenvalue weighted by Gasteiger charge is 2.60. The van der Waals surface area contributed by atoms with Crippen molar-refractivity contribution in [1.82, 2.24) is 0 Å². The van der Waals surface area contributed by atoms with Crippen molar-refractivity contribution >= 4 is 5.97 Å². The van der Waals surface area contributed by atoms with E-state index in [1.165, 1.54) is 25.7 Å². The lowest BCUT2D eigenvalue weighted by Crippen LogP contribution is -2.22. The van der Waals surface area contributed by atoms with Crippen LogP contribution in [0.4, 0.5) is 0 Å². The van der Waals surface area contributed by atoms with Gasteiger partial charge in [-0.2, -0.15) is 0 Å². The molecule has 3 nitrogen and oxygen atoms in total. The third-order valence-electron chi connectivity index (χ3n) is 3.22. The van der Waals surface area contributed by atoms with Gasteiger partial charge in [-0.25, -0.2) is 4.79 Å². The van der Waals surface area contributed by atoms with Crippen LogP contribution in [0.2, 0.25) is 0 Å². The Balaban J connectivity index is 1.90. The second-order valence-electron chi connectivity index (χ2n) is 4.23. The Labute approximate surface area is 84.8 Å². The van der Waals surface area contributed by atoms with Crippen molar-refractivity contribution < 1.29 is 14.3 Å². The van der Waals surface area contributed by atoms with E-state index in [1.807, 2.05) is 6.92 Å². The van der Waals surface area contributed by atoms with Crippen LogP contribution in [0.3, 0.4) is 0 Å². The number of hydrogen-bond donors (Lipinski definition) is 0. The number of esters is 1. The van der Waals surface area contributed by atoms with Crippen LogP contribution in [0.25, 0.3) is 0 Å². The molecule has 1 saturated heterocycles. The van der Waals surface area contributed by atoms with Crippen LogP contribution in [0.5, 0.6) is 0 Å². The second-order valence-corrected chi connectivity index (χ2v) is 4.23. The maximum atomic E-state index is 11.4. The summed E-state index contributed by atoms with van der Waals surface area (Å²) in [6.07, 6.45) is 6.76. The van der Waals surface area contributed by atoms with Crippen LogP contribution in [0.15, 0.2) is 0 Å². The first-order valence-corrected chi connectivity index (χ1v) is 5.63. The number of epoxide rings is 1. The highest BCUT2D eigenvalue weighted by Crippen LogP contribution is 2.47. The summed E-state index contributed by atoms with van der Waals surface area (Å²) in [4.78, 5) is 11.4. The minimum absolute atomic E-state index is 0.122. The Kier molecular flexibility index (Phi) is 2.77. The van der Waals surface area contributed by atoms with Crippen LogP contribution in [0, 0.1) is 0 Å². The van der Waals surface area contributed by atoms with Gasteiger partial charge in [-0.1, -0.05) is 25.7 Å². The summed E-state index contributed by atoms with van der Waals surface area (Å²) < 4.78 is 10.5. The molecule has 2 rings (SSSR count). The zero-order chi connectivity index (χ0) is 10.0. The third kappa shape index (κ3) is 1.78. The molecule has 1 atom stereocenters. The van der Waals surface area contributed by atoms with Gasteiger partial charge in [0.2, 0.25) is 0 Å². The molecule has 1 aliphatic heterocycles. The first-order chi connectivity index (χ1) is 6.78. The number of hydrogen-bond acceptors (Lipinski definition) is 3. The van der Waals surface area contributed by atoms with Gasteiger partial charge in [-0.3, -0.25) is 0 Å². The summed E-state index contributed by atoms with van der Waals surface area (Å²) in [7, 11) is 0. The molecule has 0 radical (unpaired) electrons. The van der Waals surface area contributed by atoms with Crippen LogP contribution >= 0.6 is 0 Å². The van der Waals surface area contributed by atoms with E-state index in [9.17, 15) is 4.79 Å². The van der Waals surface area contributed by atoms with Crippen molar-refractivity contribution in [3.8, 4) is 0 Å². The molecule has 14 heavy (non-hydrogen) atoms. The molecule has 1 unspecified atom stereocenters. The van der Waals surface area contributed by atoms with Gasteiger partial charge >= 0.3 is 5.97 Å². The summed E-state index contributed by atoms with van der Waals surface area (Å²) in [5.74, 6) is -0.158. The molecule has 0 aromatic carbocycles. The Morgan fingerprint density at radius 1 is 1.36 bits per heavy atom. The lowest BCUT2D eigenvalue weighted by molar-refractivity contribution is -0.144. The van der Waals surface area contributed by atoms with Crippen molar-refractivity contribution in [2.45, 2.75) is 57.2 Å². The Bertz CT molecular complexity index is 217. The van der Waals surface area contributed by atoms with Gasteiger partial charge in [-0.15, -0.1) is 0 Å². The Morgan fingerprint density at radius 2 is 2.00 bits per heavy atom. The minimum Gasteiger partial charge on any atom is -0.464 e. The van der Waals surface area contributed by atoms with Crippen molar-refractivity contribution in [3.63, 3.8) is 0 Å². The number of carbonyl (C=O) groups is 1. The van der Waals surface area contributed by atoms with E-state index in [1.54, 1.807) is 0 Å². The predicted molar refractivity (Wildman–Crippen MR) is 51.9 cm³/mol. The fourth-order valence-corrected chi connectivity index (χ4v) is 2.39. The smallest absolute Gasteiger partial charge is 0.338 e. The monoisotopic (exact) mass is 198 g/mol. The summed E-state index contributed by atoms with van der Waals surface area (Å²) in [6, 6.07) is 0. The van der Waals surface area contributed by atoms with Crippen LogP contribution < -0.4 is 0 Å². The standard InChI is InChI=1S/C11H18O3/c1-2-13-10(12)9-11(14-9)7-5-3-4-6-8-11/h9H,2-8H2,1H3. The maximum Gasteiger partial charge on any atom is 0.338 e. The van der Waals surface area contributed by atoms with E-state index in [0.717, 1.165) is 12.8 Å². The first kappa shape index (κ1) is 9.97. The topological polar surface area (TPSA) is 38.8 Å². The van der Waals surface area contributed by atoms with Gasteiger partial charge in [0.1, 0.15) is 5.60 Å². The Hall–Kier alpha value is -0.570. The molecule has 2 aliphatic rings. The van der Waals surface area contributed by atoms with Crippen molar-refractivity contribution in [2.24, 2.45) is 0 Å². The molecule has 1 saturated carbocycles. The van der Waals surface area contributed by atoms with E-state index in [2.05, 4.69) is 0 Å². The van der Waals surface area contributed by atoms with Crippen molar-refractivity contribution in [1.29, 1.82) is 0 Å². The molecular formula is C11H18O3. The Morgan fingerprint density at radius 3 is 2.57 bits per heavy atom.